The summed E-state index contributed by atoms with van der Waals surface area (Å²) in [4.78, 5) is 4.52. The molecule has 0 saturated carbocycles. The summed E-state index contributed by atoms with van der Waals surface area (Å²) >= 11 is 6.69. The molecule has 0 bridgehead atoms. The third-order valence-electron chi connectivity index (χ3n) is 3.10. The van der Waals surface area contributed by atoms with Crippen molar-refractivity contribution in [2.24, 2.45) is 0 Å². The largest absolute Gasteiger partial charge is 0.506 e. The molecule has 3 nitrogen and oxygen atoms in total. The number of para-hydroxylation sites is 1. The Bertz CT molecular complexity index is 788. The van der Waals surface area contributed by atoms with Crippen molar-refractivity contribution in [3.8, 4) is 5.75 Å². The number of phenolic OH excluding ortho intramolecular Hbond substituents is 1. The molecule has 1 heterocycles. The second-order valence-corrected chi connectivity index (χ2v) is 7.41. The van der Waals surface area contributed by atoms with Gasteiger partial charge in [0, 0.05) is 17.8 Å². The molecule has 3 aromatic rings. The number of nitrogens with one attached hydrogen (secondary N) is 1. The molecule has 0 unspecified atom stereocenters. The van der Waals surface area contributed by atoms with Crippen LogP contribution in [0.2, 0.25) is 0 Å². The molecule has 3 rings (SSSR count). The summed E-state index contributed by atoms with van der Waals surface area (Å²) in [6.07, 6.45) is 2.03. The van der Waals surface area contributed by atoms with Gasteiger partial charge in [-0.15, -0.1) is 11.3 Å². The number of nitrogens with zero attached hydrogens (tertiary/aromatic N) is 1. The second-order valence-electron chi connectivity index (χ2n) is 4.47. The van der Waals surface area contributed by atoms with E-state index in [0.717, 1.165) is 21.1 Å². The van der Waals surface area contributed by atoms with Gasteiger partial charge < -0.3 is 10.4 Å². The smallest absolute Gasteiger partial charge is 0.150 e. The van der Waals surface area contributed by atoms with E-state index >= 15 is 0 Å². The monoisotopic (exact) mass is 380 g/mol. The zero-order valence-corrected chi connectivity index (χ0v) is 14.5. The van der Waals surface area contributed by atoms with E-state index in [1.165, 1.54) is 4.70 Å². The van der Waals surface area contributed by atoms with Crippen molar-refractivity contribution < 1.29 is 5.11 Å². The van der Waals surface area contributed by atoms with Gasteiger partial charge in [-0.1, -0.05) is 23.9 Å². The zero-order chi connectivity index (χ0) is 14.8. The number of fused-ring (bicyclic) bond motifs is 1. The van der Waals surface area contributed by atoms with Crippen LogP contribution in [0.25, 0.3) is 10.2 Å². The van der Waals surface area contributed by atoms with Crippen molar-refractivity contribution >= 4 is 54.9 Å². The molecule has 0 aliphatic rings. The maximum absolute atomic E-state index is 9.98. The van der Waals surface area contributed by atoms with Gasteiger partial charge in [0.05, 0.1) is 14.7 Å². The van der Waals surface area contributed by atoms with Crippen LogP contribution in [-0.4, -0.2) is 16.3 Å². The Morgan fingerprint density at radius 1 is 1.33 bits per heavy atom. The minimum absolute atomic E-state index is 0.286. The highest BCUT2D eigenvalue weighted by Crippen LogP contribution is 2.31. The number of phenols is 1. The molecule has 21 heavy (non-hydrogen) atoms. The summed E-state index contributed by atoms with van der Waals surface area (Å²) in [5.41, 5.74) is 2.91. The SMILES string of the molecule is CSc1nc2ccc(NCc3cccc(Br)c3O)cc2s1. The Labute approximate surface area is 139 Å². The van der Waals surface area contributed by atoms with E-state index in [1.807, 2.05) is 36.6 Å². The Kier molecular flexibility index (Phi) is 4.37. The van der Waals surface area contributed by atoms with Crippen molar-refractivity contribution in [1.29, 1.82) is 0 Å². The fraction of sp³-hybridized carbons (Fsp3) is 0.133. The molecule has 0 aliphatic heterocycles. The molecule has 0 amide bonds. The molecular weight excluding hydrogens is 368 g/mol. The molecule has 0 spiro atoms. The quantitative estimate of drug-likeness (QED) is 0.618. The van der Waals surface area contributed by atoms with Crippen LogP contribution in [0.4, 0.5) is 5.69 Å². The normalized spacial score (nSPS) is 11.0. The number of hydrogen-bond donors (Lipinski definition) is 2. The highest BCUT2D eigenvalue weighted by molar-refractivity contribution is 9.10. The number of rotatable bonds is 4. The number of thioether (sulfide) groups is 1. The van der Waals surface area contributed by atoms with E-state index in [-0.39, 0.29) is 5.75 Å². The minimum atomic E-state index is 0.286. The third-order valence-corrected chi connectivity index (χ3v) is 5.74. The van der Waals surface area contributed by atoms with Crippen LogP contribution in [0.3, 0.4) is 0 Å². The lowest BCUT2D eigenvalue weighted by Crippen LogP contribution is -1.99. The summed E-state index contributed by atoms with van der Waals surface area (Å²) < 4.78 is 2.96. The van der Waals surface area contributed by atoms with Crippen LogP contribution in [0.15, 0.2) is 45.2 Å². The molecule has 1 aromatic heterocycles. The van der Waals surface area contributed by atoms with E-state index in [9.17, 15) is 5.11 Å². The van der Waals surface area contributed by atoms with Crippen LogP contribution in [0.1, 0.15) is 5.56 Å². The van der Waals surface area contributed by atoms with Crippen LogP contribution < -0.4 is 5.32 Å². The lowest BCUT2D eigenvalue weighted by molar-refractivity contribution is 0.465. The molecule has 2 aromatic carbocycles. The van der Waals surface area contributed by atoms with Crippen molar-refractivity contribution in [3.63, 3.8) is 0 Å². The predicted molar refractivity (Wildman–Crippen MR) is 94.5 cm³/mol. The molecule has 0 atom stereocenters. The number of anilines is 1. The summed E-state index contributed by atoms with van der Waals surface area (Å²) in [6, 6.07) is 11.8. The Morgan fingerprint density at radius 3 is 3.00 bits per heavy atom. The van der Waals surface area contributed by atoms with E-state index in [4.69, 9.17) is 0 Å². The summed E-state index contributed by atoms with van der Waals surface area (Å²) in [5.74, 6) is 0.286. The van der Waals surface area contributed by atoms with Gasteiger partial charge in [0.25, 0.3) is 0 Å². The summed E-state index contributed by atoms with van der Waals surface area (Å²) in [5, 5.41) is 13.3. The molecule has 108 valence electrons. The van der Waals surface area contributed by atoms with E-state index in [1.54, 1.807) is 23.1 Å². The van der Waals surface area contributed by atoms with Crippen molar-refractivity contribution in [2.75, 3.05) is 11.6 Å². The van der Waals surface area contributed by atoms with Gasteiger partial charge in [-0.2, -0.15) is 0 Å². The van der Waals surface area contributed by atoms with Gasteiger partial charge >= 0.3 is 0 Å². The zero-order valence-electron chi connectivity index (χ0n) is 11.3. The topological polar surface area (TPSA) is 45.2 Å². The van der Waals surface area contributed by atoms with Gasteiger partial charge in [-0.25, -0.2) is 4.98 Å². The Balaban J connectivity index is 1.80. The average Bonchev–Trinajstić information content (AvgIpc) is 2.91. The minimum Gasteiger partial charge on any atom is -0.506 e. The van der Waals surface area contributed by atoms with Gasteiger partial charge in [-0.05, 0) is 46.5 Å². The van der Waals surface area contributed by atoms with Gasteiger partial charge in [0.1, 0.15) is 5.75 Å². The second kappa shape index (κ2) is 6.25. The first-order valence-corrected chi connectivity index (χ1v) is 9.15. The van der Waals surface area contributed by atoms with E-state index < -0.39 is 0 Å². The van der Waals surface area contributed by atoms with Crippen LogP contribution in [0, 0.1) is 0 Å². The number of hydrogen-bond acceptors (Lipinski definition) is 5. The number of halogens is 1. The fourth-order valence-corrected chi connectivity index (χ4v) is 3.94. The molecular formula is C15H13BrN2OS2. The molecule has 0 radical (unpaired) electrons. The molecule has 0 saturated heterocycles. The van der Waals surface area contributed by atoms with Crippen LogP contribution >= 0.6 is 39.0 Å². The first-order chi connectivity index (χ1) is 10.2. The Hall–Kier alpha value is -1.24. The first-order valence-electron chi connectivity index (χ1n) is 6.32. The highest BCUT2D eigenvalue weighted by atomic mass is 79.9. The van der Waals surface area contributed by atoms with Crippen molar-refractivity contribution in [2.45, 2.75) is 10.9 Å². The van der Waals surface area contributed by atoms with E-state index in [2.05, 4.69) is 32.3 Å². The molecule has 2 N–H and O–H groups in total. The average molecular weight is 381 g/mol. The molecule has 6 heteroatoms. The van der Waals surface area contributed by atoms with Crippen molar-refractivity contribution in [1.82, 2.24) is 4.98 Å². The summed E-state index contributed by atoms with van der Waals surface area (Å²) in [7, 11) is 0. The number of thiazole rings is 1. The fourth-order valence-electron chi connectivity index (χ4n) is 2.00. The van der Waals surface area contributed by atoms with Crippen LogP contribution in [-0.2, 0) is 6.54 Å². The predicted octanol–water partition coefficient (Wildman–Crippen LogP) is 5.10. The van der Waals surface area contributed by atoms with Crippen LogP contribution in [0.5, 0.6) is 5.75 Å². The maximum Gasteiger partial charge on any atom is 0.150 e. The van der Waals surface area contributed by atoms with Gasteiger partial charge in [0.15, 0.2) is 4.34 Å². The standard InChI is InChI=1S/C15H13BrN2OS2/c1-20-15-18-12-6-5-10(7-13(12)21-15)17-8-9-3-2-4-11(16)14(9)19/h2-7,17,19H,8H2,1H3. The van der Waals surface area contributed by atoms with Crippen molar-refractivity contribution in [3.05, 3.63) is 46.4 Å². The van der Waals surface area contributed by atoms with Gasteiger partial charge in [-0.3, -0.25) is 0 Å². The number of aromatic nitrogens is 1. The van der Waals surface area contributed by atoms with Gasteiger partial charge in [0.2, 0.25) is 0 Å². The maximum atomic E-state index is 9.98. The third kappa shape index (κ3) is 3.17. The molecule has 0 fully saturated rings. The number of aromatic hydroxyl groups is 1. The number of benzene rings is 2. The highest BCUT2D eigenvalue weighted by Gasteiger charge is 2.06. The summed E-state index contributed by atoms with van der Waals surface area (Å²) in [6.45, 7) is 0.574. The lowest BCUT2D eigenvalue weighted by Gasteiger charge is -2.09. The lowest BCUT2D eigenvalue weighted by atomic mass is 10.2. The first kappa shape index (κ1) is 14.7. The van der Waals surface area contributed by atoms with E-state index in [0.29, 0.717) is 11.0 Å². The molecule has 0 aliphatic carbocycles. The Morgan fingerprint density at radius 2 is 2.19 bits per heavy atom.